The number of aromatic nitrogens is 1. The highest BCUT2D eigenvalue weighted by atomic mass is 16.5. The Labute approximate surface area is 170 Å². The number of nitrogens with two attached hydrogens (primary N) is 1. The fourth-order valence-electron chi connectivity index (χ4n) is 4.02. The molecule has 4 nitrogen and oxygen atoms in total. The van der Waals surface area contributed by atoms with E-state index in [4.69, 9.17) is 10.5 Å². The Kier molecular flexibility index (Phi) is 5.26. The van der Waals surface area contributed by atoms with E-state index in [0.717, 1.165) is 40.4 Å². The minimum Gasteiger partial charge on any atom is -0.497 e. The zero-order valence-electron chi connectivity index (χ0n) is 16.9. The normalized spacial score (nSPS) is 11.2. The maximum atomic E-state index is 12.1. The molecular formula is C25H26N2O2. The molecule has 0 atom stereocenters. The van der Waals surface area contributed by atoms with E-state index in [9.17, 15) is 4.79 Å². The number of hydrogen-bond acceptors (Lipinski definition) is 2. The molecule has 0 saturated heterocycles. The molecule has 0 spiro atoms. The SMILES string of the molecule is CCCCc1ccc2c3c(C(N)=O)cccc3n(Cc3ccc(OC)cc3)c2c1. The van der Waals surface area contributed by atoms with Crippen molar-refractivity contribution in [3.05, 3.63) is 77.4 Å². The van der Waals surface area contributed by atoms with Crippen molar-refractivity contribution in [1.82, 2.24) is 4.57 Å². The van der Waals surface area contributed by atoms with Crippen molar-refractivity contribution in [3.63, 3.8) is 0 Å². The largest absolute Gasteiger partial charge is 0.497 e. The van der Waals surface area contributed by atoms with E-state index in [1.165, 1.54) is 17.5 Å². The third-order valence-corrected chi connectivity index (χ3v) is 5.54. The first-order valence-electron chi connectivity index (χ1n) is 10.1. The quantitative estimate of drug-likeness (QED) is 0.469. The van der Waals surface area contributed by atoms with Crippen molar-refractivity contribution in [1.29, 1.82) is 0 Å². The second kappa shape index (κ2) is 8.00. The summed E-state index contributed by atoms with van der Waals surface area (Å²) in [7, 11) is 1.67. The number of amides is 1. The highest BCUT2D eigenvalue weighted by molar-refractivity contribution is 6.17. The highest BCUT2D eigenvalue weighted by Gasteiger charge is 2.17. The Hall–Kier alpha value is -3.27. The van der Waals surface area contributed by atoms with Gasteiger partial charge < -0.3 is 15.0 Å². The van der Waals surface area contributed by atoms with Crippen LogP contribution in [0.15, 0.2) is 60.7 Å². The van der Waals surface area contributed by atoms with Gasteiger partial charge in [0.1, 0.15) is 5.75 Å². The van der Waals surface area contributed by atoms with Gasteiger partial charge in [0.05, 0.1) is 12.6 Å². The van der Waals surface area contributed by atoms with E-state index in [0.29, 0.717) is 12.1 Å². The van der Waals surface area contributed by atoms with Crippen molar-refractivity contribution < 1.29 is 9.53 Å². The molecule has 4 heteroatoms. The molecule has 1 aromatic heterocycles. The third kappa shape index (κ3) is 3.58. The minimum absolute atomic E-state index is 0.394. The van der Waals surface area contributed by atoms with Crippen molar-refractivity contribution in [2.75, 3.05) is 7.11 Å². The van der Waals surface area contributed by atoms with Crippen LogP contribution in [0.5, 0.6) is 5.75 Å². The van der Waals surface area contributed by atoms with E-state index < -0.39 is 5.91 Å². The number of nitrogens with zero attached hydrogens (tertiary/aromatic N) is 1. The lowest BCUT2D eigenvalue weighted by Gasteiger charge is -2.10. The molecule has 0 bridgehead atoms. The summed E-state index contributed by atoms with van der Waals surface area (Å²) in [5.74, 6) is 0.447. The zero-order chi connectivity index (χ0) is 20.4. The standard InChI is InChI=1S/C25H26N2O2/c1-3-4-6-17-11-14-20-23(15-17)27(16-18-9-12-19(29-2)13-10-18)22-8-5-7-21(24(20)22)25(26)28/h5,7-15H,3-4,6,16H2,1-2H3,(H2,26,28). The molecule has 1 amide bonds. The van der Waals surface area contributed by atoms with Crippen LogP contribution in [0.4, 0.5) is 0 Å². The summed E-state index contributed by atoms with van der Waals surface area (Å²) >= 11 is 0. The minimum atomic E-state index is -0.394. The smallest absolute Gasteiger partial charge is 0.249 e. The van der Waals surface area contributed by atoms with Gasteiger partial charge in [-0.1, -0.05) is 43.7 Å². The number of methoxy groups -OCH3 is 1. The highest BCUT2D eigenvalue weighted by Crippen LogP contribution is 2.33. The summed E-state index contributed by atoms with van der Waals surface area (Å²) in [6.07, 6.45) is 3.38. The summed E-state index contributed by atoms with van der Waals surface area (Å²) < 4.78 is 7.57. The van der Waals surface area contributed by atoms with E-state index >= 15 is 0 Å². The second-order valence-corrected chi connectivity index (χ2v) is 7.45. The Morgan fingerprint density at radius 2 is 1.76 bits per heavy atom. The lowest BCUT2D eigenvalue weighted by atomic mass is 10.0. The first kappa shape index (κ1) is 19.1. The fourth-order valence-corrected chi connectivity index (χ4v) is 4.02. The van der Waals surface area contributed by atoms with Crippen LogP contribution in [0.3, 0.4) is 0 Å². The molecule has 4 aromatic rings. The predicted octanol–water partition coefficient (Wildman–Crippen LogP) is 5.29. The molecule has 0 aliphatic heterocycles. The van der Waals surface area contributed by atoms with Gasteiger partial charge in [-0.15, -0.1) is 0 Å². The monoisotopic (exact) mass is 386 g/mol. The molecule has 0 aliphatic rings. The molecule has 2 N–H and O–H groups in total. The van der Waals surface area contributed by atoms with Crippen LogP contribution in [0.25, 0.3) is 21.8 Å². The summed E-state index contributed by atoms with van der Waals surface area (Å²) in [5.41, 5.74) is 10.9. The number of unbranched alkanes of at least 4 members (excludes halogenated alkanes) is 1. The maximum Gasteiger partial charge on any atom is 0.249 e. The Balaban J connectivity index is 1.92. The van der Waals surface area contributed by atoms with Crippen molar-refractivity contribution in [2.24, 2.45) is 5.73 Å². The number of carbonyl (C=O) groups excluding carboxylic acids is 1. The molecule has 29 heavy (non-hydrogen) atoms. The van der Waals surface area contributed by atoms with E-state index in [-0.39, 0.29) is 0 Å². The first-order chi connectivity index (χ1) is 14.1. The maximum absolute atomic E-state index is 12.1. The molecular weight excluding hydrogens is 360 g/mol. The molecule has 148 valence electrons. The van der Waals surface area contributed by atoms with Gasteiger partial charge in [0.15, 0.2) is 0 Å². The molecule has 4 rings (SSSR count). The molecule has 0 unspecified atom stereocenters. The lowest BCUT2D eigenvalue weighted by Crippen LogP contribution is -2.11. The van der Waals surface area contributed by atoms with Crippen LogP contribution in [-0.4, -0.2) is 17.6 Å². The van der Waals surface area contributed by atoms with Gasteiger partial charge in [-0.05, 0) is 54.3 Å². The van der Waals surface area contributed by atoms with Crippen molar-refractivity contribution in [2.45, 2.75) is 32.7 Å². The van der Waals surface area contributed by atoms with Gasteiger partial charge in [-0.2, -0.15) is 0 Å². The second-order valence-electron chi connectivity index (χ2n) is 7.45. The molecule has 1 heterocycles. The van der Waals surface area contributed by atoms with Crippen LogP contribution >= 0.6 is 0 Å². The Bertz CT molecular complexity index is 1170. The zero-order valence-corrected chi connectivity index (χ0v) is 16.9. The summed E-state index contributed by atoms with van der Waals surface area (Å²) in [5, 5.41) is 2.01. The summed E-state index contributed by atoms with van der Waals surface area (Å²) in [4.78, 5) is 12.1. The Morgan fingerprint density at radius 3 is 2.45 bits per heavy atom. The predicted molar refractivity (Wildman–Crippen MR) is 119 cm³/mol. The summed E-state index contributed by atoms with van der Waals surface area (Å²) in [6, 6.07) is 20.5. The number of aryl methyl sites for hydroxylation is 1. The topological polar surface area (TPSA) is 57.2 Å². The lowest BCUT2D eigenvalue weighted by molar-refractivity contribution is 0.100. The van der Waals surface area contributed by atoms with E-state index in [1.54, 1.807) is 7.11 Å². The molecule has 0 radical (unpaired) electrons. The van der Waals surface area contributed by atoms with Gasteiger partial charge in [0.25, 0.3) is 0 Å². The first-order valence-corrected chi connectivity index (χ1v) is 10.1. The molecule has 0 aliphatic carbocycles. The number of ether oxygens (including phenoxy) is 1. The van der Waals surface area contributed by atoms with E-state index in [2.05, 4.69) is 47.9 Å². The Morgan fingerprint density at radius 1 is 1.00 bits per heavy atom. The number of rotatable bonds is 7. The molecule has 3 aromatic carbocycles. The number of hydrogen-bond donors (Lipinski definition) is 1. The van der Waals surface area contributed by atoms with Crippen molar-refractivity contribution >= 4 is 27.7 Å². The van der Waals surface area contributed by atoms with Gasteiger partial charge in [-0.3, -0.25) is 4.79 Å². The van der Waals surface area contributed by atoms with Gasteiger partial charge in [0, 0.05) is 28.4 Å². The average molecular weight is 386 g/mol. The van der Waals surface area contributed by atoms with Crippen molar-refractivity contribution in [3.8, 4) is 5.75 Å². The fraction of sp³-hybridized carbons (Fsp3) is 0.240. The van der Waals surface area contributed by atoms with Gasteiger partial charge >= 0.3 is 0 Å². The van der Waals surface area contributed by atoms with Crippen LogP contribution < -0.4 is 10.5 Å². The third-order valence-electron chi connectivity index (χ3n) is 5.54. The van der Waals surface area contributed by atoms with Gasteiger partial charge in [-0.25, -0.2) is 0 Å². The average Bonchev–Trinajstić information content (AvgIpc) is 3.05. The number of carbonyl (C=O) groups is 1. The van der Waals surface area contributed by atoms with Gasteiger partial charge in [0.2, 0.25) is 5.91 Å². The number of fused-ring (bicyclic) bond motifs is 3. The molecule has 0 fully saturated rings. The number of benzene rings is 3. The van der Waals surface area contributed by atoms with E-state index in [1.807, 2.05) is 24.3 Å². The van der Waals surface area contributed by atoms with Crippen LogP contribution in [-0.2, 0) is 13.0 Å². The van der Waals surface area contributed by atoms with Crippen LogP contribution in [0.1, 0.15) is 41.3 Å². The van der Waals surface area contributed by atoms with Crippen LogP contribution in [0, 0.1) is 0 Å². The summed E-state index contributed by atoms with van der Waals surface area (Å²) in [6.45, 7) is 2.92. The van der Waals surface area contributed by atoms with Crippen LogP contribution in [0.2, 0.25) is 0 Å². The number of primary amides is 1. The molecule has 0 saturated carbocycles.